The highest BCUT2D eigenvalue weighted by molar-refractivity contribution is 6.40. The quantitative estimate of drug-likeness (QED) is 0.503. The summed E-state index contributed by atoms with van der Waals surface area (Å²) in [6.07, 6.45) is 0. The summed E-state index contributed by atoms with van der Waals surface area (Å²) in [6.45, 7) is 0. The SMILES string of the molecule is COc1ccc2c(c1)oc1c(Cl)c3ccccc3nc12. The highest BCUT2D eigenvalue weighted by Crippen LogP contribution is 2.37. The molecule has 20 heavy (non-hydrogen) atoms. The maximum Gasteiger partial charge on any atom is 0.173 e. The van der Waals surface area contributed by atoms with E-state index in [2.05, 4.69) is 4.98 Å². The molecule has 0 saturated heterocycles. The van der Waals surface area contributed by atoms with Crippen molar-refractivity contribution in [2.75, 3.05) is 7.11 Å². The van der Waals surface area contributed by atoms with E-state index in [0.29, 0.717) is 10.6 Å². The molecule has 3 nitrogen and oxygen atoms in total. The van der Waals surface area contributed by atoms with Gasteiger partial charge in [0.15, 0.2) is 5.58 Å². The van der Waals surface area contributed by atoms with Crippen molar-refractivity contribution >= 4 is 44.6 Å². The van der Waals surface area contributed by atoms with Gasteiger partial charge >= 0.3 is 0 Å². The number of rotatable bonds is 1. The third-order valence-electron chi connectivity index (χ3n) is 3.44. The molecule has 0 fully saturated rings. The van der Waals surface area contributed by atoms with Gasteiger partial charge in [-0.2, -0.15) is 0 Å². The van der Waals surface area contributed by atoms with Crippen LogP contribution in [0.5, 0.6) is 5.75 Å². The predicted molar refractivity (Wildman–Crippen MR) is 80.6 cm³/mol. The molecule has 0 atom stereocenters. The van der Waals surface area contributed by atoms with E-state index in [-0.39, 0.29) is 0 Å². The second kappa shape index (κ2) is 4.12. The van der Waals surface area contributed by atoms with Gasteiger partial charge < -0.3 is 9.15 Å². The van der Waals surface area contributed by atoms with Gasteiger partial charge in [0.1, 0.15) is 16.8 Å². The summed E-state index contributed by atoms with van der Waals surface area (Å²) in [7, 11) is 1.63. The fourth-order valence-electron chi connectivity index (χ4n) is 2.45. The first kappa shape index (κ1) is 11.6. The Kier molecular flexibility index (Phi) is 2.38. The van der Waals surface area contributed by atoms with E-state index in [9.17, 15) is 0 Å². The second-order valence-corrected chi connectivity index (χ2v) is 4.96. The van der Waals surface area contributed by atoms with Crippen LogP contribution < -0.4 is 4.74 Å². The molecule has 98 valence electrons. The number of pyridine rings is 1. The second-order valence-electron chi connectivity index (χ2n) is 4.58. The average Bonchev–Trinajstić information content (AvgIpc) is 2.85. The van der Waals surface area contributed by atoms with E-state index in [0.717, 1.165) is 33.1 Å². The van der Waals surface area contributed by atoms with Gasteiger partial charge in [0.2, 0.25) is 0 Å². The largest absolute Gasteiger partial charge is 0.497 e. The Morgan fingerprint density at radius 1 is 1.10 bits per heavy atom. The molecule has 2 aromatic heterocycles. The van der Waals surface area contributed by atoms with E-state index >= 15 is 0 Å². The molecule has 0 aliphatic rings. The number of furan rings is 1. The lowest BCUT2D eigenvalue weighted by Crippen LogP contribution is -1.82. The molecule has 4 aromatic rings. The summed E-state index contributed by atoms with van der Waals surface area (Å²) in [5.74, 6) is 0.747. The van der Waals surface area contributed by atoms with Crippen LogP contribution >= 0.6 is 11.6 Å². The van der Waals surface area contributed by atoms with Gasteiger partial charge in [0.05, 0.1) is 17.6 Å². The molecule has 4 rings (SSSR count). The summed E-state index contributed by atoms with van der Waals surface area (Å²) in [5.41, 5.74) is 2.99. The lowest BCUT2D eigenvalue weighted by atomic mass is 10.1. The maximum absolute atomic E-state index is 6.45. The molecule has 0 aliphatic heterocycles. The molecule has 0 radical (unpaired) electrons. The van der Waals surface area contributed by atoms with Crippen molar-refractivity contribution in [3.63, 3.8) is 0 Å². The standard InChI is InChI=1S/C16H10ClNO2/c1-19-9-6-7-11-13(8-9)20-16-14(17)10-4-2-3-5-12(10)18-15(11)16/h2-8H,1H3. The van der Waals surface area contributed by atoms with Gasteiger partial charge in [-0.05, 0) is 18.2 Å². The minimum absolute atomic E-state index is 0.598. The van der Waals surface area contributed by atoms with Gasteiger partial charge in [-0.15, -0.1) is 0 Å². The lowest BCUT2D eigenvalue weighted by molar-refractivity contribution is 0.414. The fourth-order valence-corrected chi connectivity index (χ4v) is 2.74. The number of nitrogens with zero attached hydrogens (tertiary/aromatic N) is 1. The molecular formula is C16H10ClNO2. The highest BCUT2D eigenvalue weighted by Gasteiger charge is 2.15. The summed E-state index contributed by atoms with van der Waals surface area (Å²) in [4.78, 5) is 4.66. The average molecular weight is 284 g/mol. The zero-order valence-corrected chi connectivity index (χ0v) is 11.4. The van der Waals surface area contributed by atoms with Crippen LogP contribution in [0.4, 0.5) is 0 Å². The van der Waals surface area contributed by atoms with Crippen LogP contribution in [0.2, 0.25) is 5.02 Å². The van der Waals surface area contributed by atoms with Crippen molar-refractivity contribution in [2.24, 2.45) is 0 Å². The van der Waals surface area contributed by atoms with Crippen molar-refractivity contribution in [1.29, 1.82) is 0 Å². The van der Waals surface area contributed by atoms with Gasteiger partial charge in [-0.3, -0.25) is 0 Å². The van der Waals surface area contributed by atoms with Crippen molar-refractivity contribution in [3.8, 4) is 5.75 Å². The van der Waals surface area contributed by atoms with Crippen LogP contribution in [-0.4, -0.2) is 12.1 Å². The highest BCUT2D eigenvalue weighted by atomic mass is 35.5. The first-order chi connectivity index (χ1) is 9.78. The molecule has 0 bridgehead atoms. The smallest absolute Gasteiger partial charge is 0.173 e. The van der Waals surface area contributed by atoms with Gasteiger partial charge in [0.25, 0.3) is 0 Å². The first-order valence-electron chi connectivity index (χ1n) is 6.22. The zero-order valence-electron chi connectivity index (χ0n) is 10.7. The minimum Gasteiger partial charge on any atom is -0.497 e. The van der Waals surface area contributed by atoms with Gasteiger partial charge in [-0.25, -0.2) is 4.98 Å². The number of hydrogen-bond donors (Lipinski definition) is 0. The Labute approximate surface area is 119 Å². The molecule has 0 aliphatic carbocycles. The number of ether oxygens (including phenoxy) is 1. The molecule has 0 unspecified atom stereocenters. The molecular weight excluding hydrogens is 274 g/mol. The Morgan fingerprint density at radius 2 is 1.95 bits per heavy atom. The van der Waals surface area contributed by atoms with E-state index in [4.69, 9.17) is 20.8 Å². The zero-order chi connectivity index (χ0) is 13.7. The number of aromatic nitrogens is 1. The monoisotopic (exact) mass is 283 g/mol. The van der Waals surface area contributed by atoms with Crippen LogP contribution in [-0.2, 0) is 0 Å². The molecule has 4 heteroatoms. The van der Waals surface area contributed by atoms with Crippen LogP contribution in [0.15, 0.2) is 46.9 Å². The van der Waals surface area contributed by atoms with Crippen LogP contribution in [0.25, 0.3) is 33.0 Å². The van der Waals surface area contributed by atoms with Crippen molar-refractivity contribution in [3.05, 3.63) is 47.5 Å². The number of fused-ring (bicyclic) bond motifs is 4. The number of hydrogen-bond acceptors (Lipinski definition) is 3. The Bertz CT molecular complexity index is 959. The molecule has 2 heterocycles. The third-order valence-corrected chi connectivity index (χ3v) is 3.82. The Morgan fingerprint density at radius 3 is 2.80 bits per heavy atom. The summed E-state index contributed by atoms with van der Waals surface area (Å²) < 4.78 is 11.1. The van der Waals surface area contributed by atoms with E-state index < -0.39 is 0 Å². The third kappa shape index (κ3) is 1.50. The molecule has 0 N–H and O–H groups in total. The summed E-state index contributed by atoms with van der Waals surface area (Å²) in [5, 5.41) is 2.43. The first-order valence-corrected chi connectivity index (χ1v) is 6.60. The Hall–Kier alpha value is -2.26. The van der Waals surface area contributed by atoms with Crippen molar-refractivity contribution in [2.45, 2.75) is 0 Å². The van der Waals surface area contributed by atoms with Gasteiger partial charge in [-0.1, -0.05) is 29.8 Å². The molecule has 0 amide bonds. The molecule has 2 aromatic carbocycles. The summed E-state index contributed by atoms with van der Waals surface area (Å²) in [6, 6.07) is 13.5. The lowest BCUT2D eigenvalue weighted by Gasteiger charge is -2.00. The normalized spacial score (nSPS) is 11.5. The number of halogens is 1. The Balaban J connectivity index is 2.21. The number of para-hydroxylation sites is 1. The van der Waals surface area contributed by atoms with E-state index in [1.807, 2.05) is 42.5 Å². The van der Waals surface area contributed by atoms with Crippen LogP contribution in [0.3, 0.4) is 0 Å². The number of benzene rings is 2. The minimum atomic E-state index is 0.598. The topological polar surface area (TPSA) is 35.3 Å². The maximum atomic E-state index is 6.45. The summed E-state index contributed by atoms with van der Waals surface area (Å²) >= 11 is 6.45. The van der Waals surface area contributed by atoms with Crippen LogP contribution in [0, 0.1) is 0 Å². The van der Waals surface area contributed by atoms with Crippen molar-refractivity contribution < 1.29 is 9.15 Å². The fraction of sp³-hybridized carbons (Fsp3) is 0.0625. The van der Waals surface area contributed by atoms with E-state index in [1.165, 1.54) is 0 Å². The van der Waals surface area contributed by atoms with Gasteiger partial charge in [0, 0.05) is 16.8 Å². The number of methoxy groups -OCH3 is 1. The molecule has 0 spiro atoms. The van der Waals surface area contributed by atoms with Crippen LogP contribution in [0.1, 0.15) is 0 Å². The van der Waals surface area contributed by atoms with Crippen molar-refractivity contribution in [1.82, 2.24) is 4.98 Å². The van der Waals surface area contributed by atoms with E-state index in [1.54, 1.807) is 7.11 Å². The molecule has 0 saturated carbocycles. The predicted octanol–water partition coefficient (Wildman–Crippen LogP) is 4.80.